The zero-order valence-corrected chi connectivity index (χ0v) is 15.5. The fraction of sp³-hybridized carbons (Fsp3) is 0.529. The van der Waals surface area contributed by atoms with Crippen molar-refractivity contribution in [3.8, 4) is 0 Å². The Morgan fingerprint density at radius 1 is 1.17 bits per heavy atom. The smallest absolute Gasteiger partial charge is 0.240 e. The molecule has 1 rings (SSSR count). The molecule has 0 saturated carbocycles. The molecule has 0 amide bonds. The van der Waals surface area contributed by atoms with E-state index >= 15 is 0 Å². The van der Waals surface area contributed by atoms with Gasteiger partial charge in [-0.25, -0.2) is 13.1 Å². The van der Waals surface area contributed by atoms with Crippen LogP contribution in [0.2, 0.25) is 0 Å². The predicted molar refractivity (Wildman–Crippen MR) is 98.1 cm³/mol. The van der Waals surface area contributed by atoms with Gasteiger partial charge >= 0.3 is 0 Å². The topological polar surface area (TPSA) is 66.4 Å². The molecule has 1 aromatic rings. The maximum atomic E-state index is 12.1. The van der Waals surface area contributed by atoms with Gasteiger partial charge in [0, 0.05) is 13.2 Å². The summed E-state index contributed by atoms with van der Waals surface area (Å²) in [6.07, 6.45) is 6.41. The number of sulfonamides is 1. The van der Waals surface area contributed by atoms with Gasteiger partial charge in [0.1, 0.15) is 0 Å². The van der Waals surface area contributed by atoms with Crippen LogP contribution < -0.4 is 4.72 Å². The fourth-order valence-corrected chi connectivity index (χ4v) is 3.84. The summed E-state index contributed by atoms with van der Waals surface area (Å²) >= 11 is 1.67. The second-order valence-corrected chi connectivity index (χ2v) is 7.98. The highest BCUT2D eigenvalue weighted by atomic mass is 32.2. The van der Waals surface area contributed by atoms with E-state index in [1.807, 2.05) is 13.2 Å². The van der Waals surface area contributed by atoms with Crippen molar-refractivity contribution >= 4 is 21.8 Å². The first-order valence-corrected chi connectivity index (χ1v) is 10.6. The molecule has 23 heavy (non-hydrogen) atoms. The fourth-order valence-electron chi connectivity index (χ4n) is 2.20. The van der Waals surface area contributed by atoms with Gasteiger partial charge < -0.3 is 5.11 Å². The zero-order valence-electron chi connectivity index (χ0n) is 13.9. The van der Waals surface area contributed by atoms with Gasteiger partial charge in [0.2, 0.25) is 10.0 Å². The van der Waals surface area contributed by atoms with Gasteiger partial charge in [-0.15, -0.1) is 11.8 Å². The van der Waals surface area contributed by atoms with E-state index < -0.39 is 10.0 Å². The molecule has 1 aromatic carbocycles. The molecule has 0 atom stereocenters. The number of aliphatic hydroxyl groups is 1. The molecule has 0 spiro atoms. The van der Waals surface area contributed by atoms with Crippen LogP contribution in [0.15, 0.2) is 40.1 Å². The normalized spacial score (nSPS) is 12.6. The van der Waals surface area contributed by atoms with Gasteiger partial charge in [-0.3, -0.25) is 0 Å². The second-order valence-electron chi connectivity index (χ2n) is 5.51. The van der Waals surface area contributed by atoms with E-state index in [1.54, 1.807) is 36.0 Å². The van der Waals surface area contributed by atoms with Crippen molar-refractivity contribution in [2.75, 3.05) is 19.4 Å². The highest BCUT2D eigenvalue weighted by Crippen LogP contribution is 2.17. The third-order valence-electron chi connectivity index (χ3n) is 3.49. The number of aliphatic hydroxyl groups excluding tert-OH is 1. The number of unbranched alkanes of at least 4 members (excludes halogenated alkanes) is 1. The van der Waals surface area contributed by atoms with Gasteiger partial charge in [-0.1, -0.05) is 23.3 Å². The summed E-state index contributed by atoms with van der Waals surface area (Å²) in [7, 11) is -3.40. The van der Waals surface area contributed by atoms with Crippen molar-refractivity contribution in [1.82, 2.24) is 4.72 Å². The van der Waals surface area contributed by atoms with Crippen LogP contribution in [0.1, 0.15) is 37.7 Å². The quantitative estimate of drug-likeness (QED) is 0.595. The number of aryl methyl sites for hydroxylation is 1. The molecule has 0 bridgehead atoms. The Bertz CT molecular complexity index is 580. The molecule has 2 N–H and O–H groups in total. The monoisotopic (exact) mass is 357 g/mol. The zero-order chi connectivity index (χ0) is 17.1. The average Bonchev–Trinajstić information content (AvgIpc) is 2.52. The highest BCUT2D eigenvalue weighted by Gasteiger charge is 2.12. The Hall–Kier alpha value is -0.820. The van der Waals surface area contributed by atoms with E-state index in [1.165, 1.54) is 5.57 Å². The largest absolute Gasteiger partial charge is 0.396 e. The molecular weight excluding hydrogens is 330 g/mol. The van der Waals surface area contributed by atoms with Gasteiger partial charge in [-0.05, 0) is 62.8 Å². The molecule has 0 radical (unpaired) electrons. The first kappa shape index (κ1) is 20.2. The minimum Gasteiger partial charge on any atom is -0.396 e. The molecule has 6 heteroatoms. The van der Waals surface area contributed by atoms with Gasteiger partial charge in [-0.2, -0.15) is 0 Å². The number of hydrogen-bond donors (Lipinski definition) is 2. The molecular formula is C17H27NO3S2. The molecule has 0 fully saturated rings. The van der Waals surface area contributed by atoms with Crippen LogP contribution in [0, 0.1) is 6.92 Å². The molecule has 130 valence electrons. The van der Waals surface area contributed by atoms with Crippen LogP contribution in [0.5, 0.6) is 0 Å². The number of hydrogen-bond acceptors (Lipinski definition) is 4. The Balaban J connectivity index is 2.36. The van der Waals surface area contributed by atoms with Crippen LogP contribution in [0.25, 0.3) is 0 Å². The standard InChI is InChI=1S/C17H27NO3S2/c1-15-8-10-17(11-9-15)23(20,21)18-12-4-3-6-16(14-22-2)7-5-13-19/h8-11,14,18-19H,3-7,12-13H2,1-2H3/b16-14+. The van der Waals surface area contributed by atoms with E-state index in [0.717, 1.165) is 37.7 Å². The first-order valence-electron chi connectivity index (χ1n) is 7.87. The minimum absolute atomic E-state index is 0.210. The van der Waals surface area contributed by atoms with Crippen molar-refractivity contribution in [1.29, 1.82) is 0 Å². The summed E-state index contributed by atoms with van der Waals surface area (Å²) in [4.78, 5) is 0.314. The summed E-state index contributed by atoms with van der Waals surface area (Å²) in [5.74, 6) is 0. The van der Waals surface area contributed by atoms with Crippen molar-refractivity contribution < 1.29 is 13.5 Å². The van der Waals surface area contributed by atoms with Crippen molar-refractivity contribution in [3.63, 3.8) is 0 Å². The van der Waals surface area contributed by atoms with Crippen LogP contribution in [0.3, 0.4) is 0 Å². The van der Waals surface area contributed by atoms with Crippen LogP contribution in [-0.2, 0) is 10.0 Å². The molecule has 0 aliphatic carbocycles. The van der Waals surface area contributed by atoms with Crippen molar-refractivity contribution in [3.05, 3.63) is 40.8 Å². The minimum atomic E-state index is -3.40. The number of benzene rings is 1. The van der Waals surface area contributed by atoms with Crippen LogP contribution >= 0.6 is 11.8 Å². The Morgan fingerprint density at radius 3 is 2.43 bits per heavy atom. The van der Waals surface area contributed by atoms with E-state index in [4.69, 9.17) is 5.11 Å². The lowest BCUT2D eigenvalue weighted by Gasteiger charge is -2.08. The lowest BCUT2D eigenvalue weighted by atomic mass is 10.1. The van der Waals surface area contributed by atoms with E-state index in [-0.39, 0.29) is 6.61 Å². The molecule has 0 saturated heterocycles. The second kappa shape index (κ2) is 10.9. The highest BCUT2D eigenvalue weighted by molar-refractivity contribution is 8.01. The number of allylic oxidation sites excluding steroid dienone is 1. The molecule has 0 aliphatic rings. The Morgan fingerprint density at radius 2 is 1.83 bits per heavy atom. The number of nitrogens with one attached hydrogen (secondary N) is 1. The van der Waals surface area contributed by atoms with E-state index in [2.05, 4.69) is 10.1 Å². The molecule has 0 heterocycles. The van der Waals surface area contributed by atoms with Gasteiger partial charge in [0.05, 0.1) is 4.90 Å². The third-order valence-corrected chi connectivity index (χ3v) is 5.53. The average molecular weight is 358 g/mol. The number of rotatable bonds is 11. The molecule has 0 unspecified atom stereocenters. The van der Waals surface area contributed by atoms with E-state index in [0.29, 0.717) is 11.4 Å². The van der Waals surface area contributed by atoms with Crippen molar-refractivity contribution in [2.24, 2.45) is 0 Å². The SMILES string of the molecule is CS/C=C(/CCCO)CCCCNS(=O)(=O)c1ccc(C)cc1. The summed E-state index contributed by atoms with van der Waals surface area (Å²) < 4.78 is 26.9. The number of thioether (sulfide) groups is 1. The molecule has 0 aliphatic heterocycles. The molecule has 4 nitrogen and oxygen atoms in total. The van der Waals surface area contributed by atoms with Gasteiger partial charge in [0.25, 0.3) is 0 Å². The van der Waals surface area contributed by atoms with Gasteiger partial charge in [0.15, 0.2) is 0 Å². The maximum absolute atomic E-state index is 12.1. The molecule has 0 aromatic heterocycles. The summed E-state index contributed by atoms with van der Waals surface area (Å²) in [6, 6.07) is 6.86. The summed E-state index contributed by atoms with van der Waals surface area (Å²) in [5, 5.41) is 11.0. The lowest BCUT2D eigenvalue weighted by molar-refractivity contribution is 0.288. The Labute approximate surface area is 144 Å². The predicted octanol–water partition coefficient (Wildman–Crippen LogP) is 3.46. The summed E-state index contributed by atoms with van der Waals surface area (Å²) in [6.45, 7) is 2.59. The Kier molecular flexibility index (Phi) is 9.55. The lowest BCUT2D eigenvalue weighted by Crippen LogP contribution is -2.24. The maximum Gasteiger partial charge on any atom is 0.240 e. The van der Waals surface area contributed by atoms with E-state index in [9.17, 15) is 8.42 Å². The van der Waals surface area contributed by atoms with Crippen LogP contribution in [0.4, 0.5) is 0 Å². The van der Waals surface area contributed by atoms with Crippen molar-refractivity contribution in [2.45, 2.75) is 43.9 Å². The summed E-state index contributed by atoms with van der Waals surface area (Å²) in [5.41, 5.74) is 2.37. The van der Waals surface area contributed by atoms with Crippen LogP contribution in [-0.4, -0.2) is 32.9 Å². The third kappa shape index (κ3) is 8.01. The first-order chi connectivity index (χ1) is 11.0.